The van der Waals surface area contributed by atoms with Gasteiger partial charge < -0.3 is 10.2 Å². The summed E-state index contributed by atoms with van der Waals surface area (Å²) in [5, 5.41) is 6.07. The van der Waals surface area contributed by atoms with Crippen LogP contribution in [0, 0.1) is 0 Å². The maximum atomic E-state index is 12.3. The van der Waals surface area contributed by atoms with Crippen molar-refractivity contribution in [1.29, 1.82) is 0 Å². The van der Waals surface area contributed by atoms with Crippen molar-refractivity contribution in [3.63, 3.8) is 0 Å². The number of anilines is 1. The lowest BCUT2D eigenvalue weighted by Crippen LogP contribution is -2.44. The molecule has 0 saturated carbocycles. The van der Waals surface area contributed by atoms with Gasteiger partial charge in [0.2, 0.25) is 5.91 Å². The Morgan fingerprint density at radius 3 is 3.06 bits per heavy atom. The monoisotopic (exact) mass is 236 g/mol. The lowest BCUT2D eigenvalue weighted by Gasteiger charge is -2.23. The maximum absolute atomic E-state index is 12.3. The molecule has 2 rings (SSSR count). The standard InChI is InChI=1S/C12H16N2OS/c1-9-5-3-7-14(10-6-4-8-16-10)12(15)11(9)13-2/h4,6,8,11,13H,1,3,5,7H2,2H3. The molecule has 1 fully saturated rings. The molecule has 0 spiro atoms. The minimum Gasteiger partial charge on any atom is -0.306 e. The maximum Gasteiger partial charge on any atom is 0.248 e. The summed E-state index contributed by atoms with van der Waals surface area (Å²) in [4.78, 5) is 14.2. The van der Waals surface area contributed by atoms with E-state index in [0.717, 1.165) is 30.0 Å². The summed E-state index contributed by atoms with van der Waals surface area (Å²) in [7, 11) is 1.81. The van der Waals surface area contributed by atoms with Gasteiger partial charge in [-0.1, -0.05) is 12.2 Å². The van der Waals surface area contributed by atoms with Crippen molar-refractivity contribution in [1.82, 2.24) is 5.32 Å². The van der Waals surface area contributed by atoms with E-state index < -0.39 is 0 Å². The summed E-state index contributed by atoms with van der Waals surface area (Å²) in [5.41, 5.74) is 0.992. The number of likely N-dealkylation sites (N-methyl/N-ethyl adjacent to an activating group) is 1. The van der Waals surface area contributed by atoms with Crippen LogP contribution in [0.1, 0.15) is 12.8 Å². The molecule has 4 heteroatoms. The molecule has 2 heterocycles. The second-order valence-corrected chi connectivity index (χ2v) is 4.85. The summed E-state index contributed by atoms with van der Waals surface area (Å²) < 4.78 is 0. The van der Waals surface area contributed by atoms with E-state index >= 15 is 0 Å². The van der Waals surface area contributed by atoms with Gasteiger partial charge >= 0.3 is 0 Å². The third-order valence-corrected chi connectivity index (χ3v) is 3.75. The van der Waals surface area contributed by atoms with Crippen molar-refractivity contribution in [2.75, 3.05) is 18.5 Å². The fourth-order valence-electron chi connectivity index (χ4n) is 2.02. The summed E-state index contributed by atoms with van der Waals surface area (Å²) in [6.45, 7) is 4.77. The topological polar surface area (TPSA) is 32.3 Å². The zero-order chi connectivity index (χ0) is 11.5. The Hall–Kier alpha value is -1.13. The highest BCUT2D eigenvalue weighted by Crippen LogP contribution is 2.26. The van der Waals surface area contributed by atoms with Crippen LogP contribution in [0.3, 0.4) is 0 Å². The number of nitrogens with one attached hydrogen (secondary N) is 1. The van der Waals surface area contributed by atoms with Crippen LogP contribution in [-0.2, 0) is 4.79 Å². The molecule has 1 aromatic heterocycles. The molecule has 0 aliphatic carbocycles. The van der Waals surface area contributed by atoms with Crippen molar-refractivity contribution >= 4 is 22.2 Å². The Bertz CT molecular complexity index is 386. The summed E-state index contributed by atoms with van der Waals surface area (Å²) in [6.07, 6.45) is 1.90. The number of carbonyl (C=O) groups excluding carboxylic acids is 1. The Morgan fingerprint density at radius 2 is 2.44 bits per heavy atom. The smallest absolute Gasteiger partial charge is 0.248 e. The first-order valence-electron chi connectivity index (χ1n) is 5.44. The van der Waals surface area contributed by atoms with Gasteiger partial charge in [0.15, 0.2) is 0 Å². The lowest BCUT2D eigenvalue weighted by molar-refractivity contribution is -0.119. The van der Waals surface area contributed by atoms with Crippen molar-refractivity contribution in [3.8, 4) is 0 Å². The van der Waals surface area contributed by atoms with Gasteiger partial charge in [0.05, 0.1) is 5.00 Å². The molecule has 1 amide bonds. The summed E-state index contributed by atoms with van der Waals surface area (Å²) in [6, 6.07) is 3.73. The molecule has 1 unspecified atom stereocenters. The van der Waals surface area contributed by atoms with Gasteiger partial charge in [0.25, 0.3) is 0 Å². The molecule has 1 aliphatic rings. The highest BCUT2D eigenvalue weighted by Gasteiger charge is 2.29. The van der Waals surface area contributed by atoms with Gasteiger partial charge in [-0.15, -0.1) is 11.3 Å². The van der Waals surface area contributed by atoms with Gasteiger partial charge in [0.1, 0.15) is 6.04 Å². The number of rotatable bonds is 2. The molecule has 0 radical (unpaired) electrons. The van der Waals surface area contributed by atoms with E-state index in [1.165, 1.54) is 0 Å². The van der Waals surface area contributed by atoms with E-state index in [-0.39, 0.29) is 11.9 Å². The number of nitrogens with zero attached hydrogens (tertiary/aromatic N) is 1. The average Bonchev–Trinajstić information content (AvgIpc) is 2.74. The van der Waals surface area contributed by atoms with Crippen molar-refractivity contribution < 1.29 is 4.79 Å². The second-order valence-electron chi connectivity index (χ2n) is 3.92. The van der Waals surface area contributed by atoms with Gasteiger partial charge in [-0.2, -0.15) is 0 Å². The normalized spacial score (nSPS) is 22.3. The highest BCUT2D eigenvalue weighted by molar-refractivity contribution is 7.14. The molecule has 1 aliphatic heterocycles. The fourth-order valence-corrected chi connectivity index (χ4v) is 2.78. The van der Waals surface area contributed by atoms with Crippen LogP contribution >= 0.6 is 11.3 Å². The van der Waals surface area contributed by atoms with Crippen LogP contribution in [-0.4, -0.2) is 25.5 Å². The van der Waals surface area contributed by atoms with Crippen LogP contribution in [0.25, 0.3) is 0 Å². The SMILES string of the molecule is C=C1CCCN(c2cccs2)C(=O)C1NC. The second kappa shape index (κ2) is 4.80. The van der Waals surface area contributed by atoms with Gasteiger partial charge in [0, 0.05) is 6.54 Å². The Kier molecular flexibility index (Phi) is 3.41. The van der Waals surface area contributed by atoms with E-state index in [4.69, 9.17) is 0 Å². The number of thiophene rings is 1. The number of hydrogen-bond acceptors (Lipinski definition) is 3. The number of hydrogen-bond donors (Lipinski definition) is 1. The molecule has 1 atom stereocenters. The van der Waals surface area contributed by atoms with Gasteiger partial charge in [-0.25, -0.2) is 0 Å². The molecular weight excluding hydrogens is 220 g/mol. The molecule has 1 saturated heterocycles. The largest absolute Gasteiger partial charge is 0.306 e. The zero-order valence-corrected chi connectivity index (χ0v) is 10.2. The van der Waals surface area contributed by atoms with Crippen molar-refractivity contribution in [3.05, 3.63) is 29.7 Å². The first kappa shape index (κ1) is 11.4. The molecule has 0 bridgehead atoms. The number of amides is 1. The van der Waals surface area contributed by atoms with E-state index in [1.54, 1.807) is 11.3 Å². The van der Waals surface area contributed by atoms with E-state index in [2.05, 4.69) is 11.9 Å². The Morgan fingerprint density at radius 1 is 1.62 bits per heavy atom. The van der Waals surface area contributed by atoms with Crippen molar-refractivity contribution in [2.24, 2.45) is 0 Å². The zero-order valence-electron chi connectivity index (χ0n) is 9.40. The molecule has 1 aromatic rings. The predicted octanol–water partition coefficient (Wildman–Crippen LogP) is 2.02. The lowest BCUT2D eigenvalue weighted by atomic mass is 10.1. The average molecular weight is 236 g/mol. The van der Waals surface area contributed by atoms with E-state index in [9.17, 15) is 4.79 Å². The van der Waals surface area contributed by atoms with Crippen LogP contribution < -0.4 is 10.2 Å². The molecule has 86 valence electrons. The quantitative estimate of drug-likeness (QED) is 0.797. The predicted molar refractivity (Wildman–Crippen MR) is 67.9 cm³/mol. The third-order valence-electron chi connectivity index (χ3n) is 2.86. The van der Waals surface area contributed by atoms with Crippen LogP contribution in [0.5, 0.6) is 0 Å². The van der Waals surface area contributed by atoms with E-state index in [1.807, 2.05) is 29.5 Å². The summed E-state index contributed by atoms with van der Waals surface area (Å²) in [5.74, 6) is 0.118. The minimum atomic E-state index is -0.232. The minimum absolute atomic E-state index is 0.118. The van der Waals surface area contributed by atoms with Crippen molar-refractivity contribution in [2.45, 2.75) is 18.9 Å². The molecule has 3 nitrogen and oxygen atoms in total. The molecule has 0 aromatic carbocycles. The fraction of sp³-hybridized carbons (Fsp3) is 0.417. The molecular formula is C12H16N2OS. The first-order chi connectivity index (χ1) is 7.74. The van der Waals surface area contributed by atoms with Gasteiger partial charge in [-0.05, 0) is 37.4 Å². The van der Waals surface area contributed by atoms with Crippen LogP contribution in [0.2, 0.25) is 0 Å². The third kappa shape index (κ3) is 2.03. The first-order valence-corrected chi connectivity index (χ1v) is 6.32. The molecule has 1 N–H and O–H groups in total. The Balaban J connectivity index is 2.26. The number of carbonyl (C=O) groups is 1. The highest BCUT2D eigenvalue weighted by atomic mass is 32.1. The van der Waals surface area contributed by atoms with Crippen LogP contribution in [0.4, 0.5) is 5.00 Å². The summed E-state index contributed by atoms with van der Waals surface area (Å²) >= 11 is 1.60. The molecule has 16 heavy (non-hydrogen) atoms. The van der Waals surface area contributed by atoms with Crippen LogP contribution in [0.15, 0.2) is 29.7 Å². The van der Waals surface area contributed by atoms with Gasteiger partial charge in [-0.3, -0.25) is 4.79 Å². The Labute approximate surface area is 99.8 Å². The van der Waals surface area contributed by atoms with E-state index in [0.29, 0.717) is 0 Å².